The van der Waals surface area contributed by atoms with Gasteiger partial charge in [0.2, 0.25) is 0 Å². The van der Waals surface area contributed by atoms with Gasteiger partial charge in [0.05, 0.1) is 10.9 Å². The zero-order valence-electron chi connectivity index (χ0n) is 10.4. The first kappa shape index (κ1) is 19.1. The average Bonchev–Trinajstić information content (AvgIpc) is 2.26. The molecule has 19 heavy (non-hydrogen) atoms. The van der Waals surface area contributed by atoms with Crippen LogP contribution in [0.1, 0.15) is 10.4 Å². The van der Waals surface area contributed by atoms with Crippen molar-refractivity contribution in [3.63, 3.8) is 0 Å². The second-order valence-electron chi connectivity index (χ2n) is 3.40. The molecule has 0 saturated heterocycles. The number of carbonyl (C=O) groups excluding carboxylic acids is 1. The SMILES string of the molecule is O=C([O-])c1cccc2c(S(=O)(=O)[O-])cccc12.[Na+].[Na+]. The molecule has 0 atom stereocenters. The van der Waals surface area contributed by atoms with E-state index in [2.05, 4.69) is 0 Å². The molecule has 0 N–H and O–H groups in total. The third-order valence-corrected chi connectivity index (χ3v) is 3.27. The van der Waals surface area contributed by atoms with E-state index in [1.165, 1.54) is 30.3 Å². The Labute approximate surface area is 154 Å². The topological polar surface area (TPSA) is 97.3 Å². The van der Waals surface area contributed by atoms with E-state index < -0.39 is 21.0 Å². The number of carboxylic acids is 1. The fraction of sp³-hybridized carbons (Fsp3) is 0. The summed E-state index contributed by atoms with van der Waals surface area (Å²) >= 11 is 0. The fourth-order valence-corrected chi connectivity index (χ4v) is 2.37. The molecule has 2 aromatic rings. The van der Waals surface area contributed by atoms with Crippen LogP contribution in [-0.4, -0.2) is 18.9 Å². The van der Waals surface area contributed by atoms with Crippen molar-refractivity contribution in [2.24, 2.45) is 0 Å². The summed E-state index contributed by atoms with van der Waals surface area (Å²) in [6, 6.07) is 7.92. The van der Waals surface area contributed by atoms with Crippen molar-refractivity contribution in [2.75, 3.05) is 0 Å². The molecule has 0 aliphatic heterocycles. The van der Waals surface area contributed by atoms with E-state index in [-0.39, 0.29) is 75.5 Å². The molecule has 0 unspecified atom stereocenters. The van der Waals surface area contributed by atoms with Crippen LogP contribution in [0.2, 0.25) is 0 Å². The fourth-order valence-electron chi connectivity index (χ4n) is 1.68. The molecule has 0 spiro atoms. The number of hydrogen-bond acceptors (Lipinski definition) is 5. The zero-order chi connectivity index (χ0) is 12.6. The maximum absolute atomic E-state index is 11.0. The summed E-state index contributed by atoms with van der Waals surface area (Å²) in [5, 5.41) is 11.1. The van der Waals surface area contributed by atoms with Gasteiger partial charge in [-0.2, -0.15) is 0 Å². The largest absolute Gasteiger partial charge is 1.00 e. The van der Waals surface area contributed by atoms with E-state index in [0.29, 0.717) is 0 Å². The van der Waals surface area contributed by atoms with E-state index >= 15 is 0 Å². The van der Waals surface area contributed by atoms with Gasteiger partial charge >= 0.3 is 59.1 Å². The number of aromatic carboxylic acids is 1. The first-order valence-electron chi connectivity index (χ1n) is 4.60. The van der Waals surface area contributed by atoms with Gasteiger partial charge in [0.25, 0.3) is 0 Å². The predicted octanol–water partition coefficient (Wildman–Crippen LogP) is -5.88. The van der Waals surface area contributed by atoms with Gasteiger partial charge in [0.1, 0.15) is 10.1 Å². The Morgan fingerprint density at radius 3 is 2.00 bits per heavy atom. The van der Waals surface area contributed by atoms with Crippen molar-refractivity contribution in [1.29, 1.82) is 0 Å². The smallest absolute Gasteiger partial charge is 0.744 e. The van der Waals surface area contributed by atoms with Crippen LogP contribution in [0.3, 0.4) is 0 Å². The van der Waals surface area contributed by atoms with Crippen LogP contribution in [0, 0.1) is 0 Å². The van der Waals surface area contributed by atoms with Gasteiger partial charge < -0.3 is 14.5 Å². The Bertz CT molecular complexity index is 712. The maximum Gasteiger partial charge on any atom is 1.00 e. The molecule has 0 fully saturated rings. The van der Waals surface area contributed by atoms with Crippen LogP contribution in [0.4, 0.5) is 0 Å². The van der Waals surface area contributed by atoms with Gasteiger partial charge in [-0.05, 0) is 16.8 Å². The second-order valence-corrected chi connectivity index (χ2v) is 4.75. The number of benzene rings is 2. The molecule has 0 bridgehead atoms. The van der Waals surface area contributed by atoms with E-state index in [1.54, 1.807) is 0 Å². The van der Waals surface area contributed by atoms with E-state index in [9.17, 15) is 22.9 Å². The van der Waals surface area contributed by atoms with Crippen LogP contribution in [0.15, 0.2) is 41.3 Å². The minimum absolute atomic E-state index is 0. The van der Waals surface area contributed by atoms with Crippen LogP contribution in [-0.2, 0) is 10.1 Å². The van der Waals surface area contributed by atoms with Crippen molar-refractivity contribution in [2.45, 2.75) is 4.90 Å². The standard InChI is InChI=1S/C11H8O5S.2Na/c12-11(13)9-5-1-4-8-7(9)3-2-6-10(8)17(14,15)16;;/h1-6H,(H,12,13)(H,14,15,16);;/q;2*+1/p-2. The molecule has 0 aromatic heterocycles. The molecule has 0 aliphatic rings. The number of fused-ring (bicyclic) bond motifs is 1. The van der Waals surface area contributed by atoms with Crippen molar-refractivity contribution >= 4 is 26.9 Å². The number of carboxylic acid groups (broad SMARTS) is 1. The average molecular weight is 296 g/mol. The van der Waals surface area contributed by atoms with Gasteiger partial charge in [-0.1, -0.05) is 30.3 Å². The molecule has 2 rings (SSSR count). The van der Waals surface area contributed by atoms with Crippen LogP contribution >= 0.6 is 0 Å². The summed E-state index contributed by atoms with van der Waals surface area (Å²) < 4.78 is 33.0. The van der Waals surface area contributed by atoms with Crippen LogP contribution in [0.5, 0.6) is 0 Å². The van der Waals surface area contributed by atoms with Crippen LogP contribution in [0.25, 0.3) is 10.8 Å². The maximum atomic E-state index is 11.0. The van der Waals surface area contributed by atoms with Crippen molar-refractivity contribution < 1.29 is 82.0 Å². The molecule has 0 radical (unpaired) electrons. The van der Waals surface area contributed by atoms with E-state index in [1.807, 2.05) is 0 Å². The molecule has 0 aliphatic carbocycles. The zero-order valence-corrected chi connectivity index (χ0v) is 15.2. The summed E-state index contributed by atoms with van der Waals surface area (Å²) in [6.07, 6.45) is 0. The monoisotopic (exact) mass is 296 g/mol. The third kappa shape index (κ3) is 4.03. The summed E-state index contributed by atoms with van der Waals surface area (Å²) in [4.78, 5) is 10.4. The quantitative estimate of drug-likeness (QED) is 0.406. The number of rotatable bonds is 2. The molecule has 0 amide bonds. The van der Waals surface area contributed by atoms with Crippen molar-refractivity contribution in [1.82, 2.24) is 0 Å². The molecule has 0 heterocycles. The molecule has 2 aromatic carbocycles. The minimum atomic E-state index is -4.64. The van der Waals surface area contributed by atoms with Crippen LogP contribution < -0.4 is 64.2 Å². The summed E-state index contributed by atoms with van der Waals surface area (Å²) in [6.45, 7) is 0. The van der Waals surface area contributed by atoms with Gasteiger partial charge in [-0.15, -0.1) is 0 Å². The molecule has 88 valence electrons. The molecular weight excluding hydrogens is 290 g/mol. The summed E-state index contributed by atoms with van der Waals surface area (Å²) in [7, 11) is -4.64. The molecular formula is C11H6Na2O5S. The Morgan fingerprint density at radius 1 is 0.947 bits per heavy atom. The van der Waals surface area contributed by atoms with Gasteiger partial charge in [0, 0.05) is 5.56 Å². The molecule has 5 nitrogen and oxygen atoms in total. The first-order valence-corrected chi connectivity index (χ1v) is 6.01. The minimum Gasteiger partial charge on any atom is -0.744 e. The molecule has 0 saturated carbocycles. The number of carbonyl (C=O) groups is 1. The van der Waals surface area contributed by atoms with Crippen molar-refractivity contribution in [3.05, 3.63) is 42.0 Å². The Balaban J connectivity index is 0.00000162. The molecule has 8 heteroatoms. The third-order valence-electron chi connectivity index (χ3n) is 2.37. The second kappa shape index (κ2) is 7.19. The Morgan fingerprint density at radius 2 is 1.47 bits per heavy atom. The summed E-state index contributed by atoms with van der Waals surface area (Å²) in [5.41, 5.74) is -0.145. The summed E-state index contributed by atoms with van der Waals surface area (Å²) in [5.74, 6) is -1.42. The van der Waals surface area contributed by atoms with Gasteiger partial charge in [-0.3, -0.25) is 0 Å². The Hall–Kier alpha value is 0.0800. The number of hydrogen-bond donors (Lipinski definition) is 0. The van der Waals surface area contributed by atoms with E-state index in [4.69, 9.17) is 0 Å². The van der Waals surface area contributed by atoms with Crippen molar-refractivity contribution in [3.8, 4) is 0 Å². The Kier molecular flexibility index (Phi) is 7.22. The van der Waals surface area contributed by atoms with Gasteiger partial charge in [-0.25, -0.2) is 8.42 Å². The first-order chi connectivity index (χ1) is 7.91. The predicted molar refractivity (Wildman–Crippen MR) is 56.2 cm³/mol. The van der Waals surface area contributed by atoms with E-state index in [0.717, 1.165) is 6.07 Å². The van der Waals surface area contributed by atoms with Gasteiger partial charge in [0.15, 0.2) is 0 Å². The normalized spacial score (nSPS) is 10.4.